The van der Waals surface area contributed by atoms with Crippen molar-refractivity contribution in [3.8, 4) is 5.75 Å². The number of benzene rings is 1. The maximum absolute atomic E-state index is 12.4. The van der Waals surface area contributed by atoms with Gasteiger partial charge >= 0.3 is 10.4 Å². The van der Waals surface area contributed by atoms with Crippen molar-refractivity contribution in [1.29, 1.82) is 0 Å². The highest BCUT2D eigenvalue weighted by Gasteiger charge is 2.27. The molecule has 4 rings (SSSR count). The molecule has 1 saturated heterocycles. The van der Waals surface area contributed by atoms with Crippen molar-refractivity contribution in [2.75, 3.05) is 19.7 Å². The third-order valence-corrected chi connectivity index (χ3v) is 7.16. The first-order valence-electron chi connectivity index (χ1n) is 12.1. The van der Waals surface area contributed by atoms with Crippen molar-refractivity contribution in [2.45, 2.75) is 58.8 Å². The largest absolute Gasteiger partial charge is 0.449 e. The summed E-state index contributed by atoms with van der Waals surface area (Å²) in [6.45, 7) is 5.37. The molecule has 8 heteroatoms. The first-order chi connectivity index (χ1) is 16.4. The van der Waals surface area contributed by atoms with Crippen molar-refractivity contribution < 1.29 is 21.6 Å². The Kier molecular flexibility index (Phi) is 7.68. The van der Waals surface area contributed by atoms with E-state index < -0.39 is 10.4 Å². The molecule has 1 aliphatic carbocycles. The van der Waals surface area contributed by atoms with Gasteiger partial charge in [0.15, 0.2) is 0 Å². The normalized spacial score (nSPS) is 16.0. The monoisotopic (exact) mass is 484 g/mol. The Hall–Kier alpha value is -2.71. The average molecular weight is 485 g/mol. The summed E-state index contributed by atoms with van der Waals surface area (Å²) < 4.78 is 34.3. The second kappa shape index (κ2) is 10.7. The summed E-state index contributed by atoms with van der Waals surface area (Å²) in [5, 5.41) is 0. The quantitative estimate of drug-likeness (QED) is 0.577. The zero-order valence-electron chi connectivity index (χ0n) is 19.9. The van der Waals surface area contributed by atoms with Crippen molar-refractivity contribution in [3.05, 3.63) is 64.5 Å². The molecule has 1 amide bonds. The molecule has 0 atom stereocenters. The summed E-state index contributed by atoms with van der Waals surface area (Å²) in [6, 6.07) is 9.47. The van der Waals surface area contributed by atoms with Gasteiger partial charge < -0.3 is 9.08 Å². The van der Waals surface area contributed by atoms with E-state index in [1.165, 1.54) is 11.1 Å². The minimum Gasteiger partial charge on any atom is -0.362 e. The maximum atomic E-state index is 12.4. The van der Waals surface area contributed by atoms with Gasteiger partial charge in [-0.15, -0.1) is 0 Å². The molecule has 1 aromatic carbocycles. The smallest absolute Gasteiger partial charge is 0.362 e. The summed E-state index contributed by atoms with van der Waals surface area (Å²) in [6.07, 6.45) is 7.01. The second-order valence-corrected chi connectivity index (χ2v) is 9.97. The van der Waals surface area contributed by atoms with E-state index in [0.29, 0.717) is 25.9 Å². The topological polar surface area (TPSA) is 85.8 Å². The summed E-state index contributed by atoms with van der Waals surface area (Å²) in [5.41, 5.74) is 6.64. The molecule has 0 N–H and O–H groups in total. The third-order valence-electron chi connectivity index (χ3n) is 6.31. The SMILES string of the molecule is CCCOS(=O)(=O)Oc1ccc2c(c1)CCc1cccnc1C2=C1CCN(C(=O)CCC)CC1. The van der Waals surface area contributed by atoms with Crippen LogP contribution in [0.15, 0.2) is 42.1 Å². The highest BCUT2D eigenvalue weighted by Crippen LogP contribution is 2.39. The minimum absolute atomic E-state index is 0.0856. The van der Waals surface area contributed by atoms with Crippen LogP contribution in [-0.2, 0) is 32.2 Å². The Morgan fingerprint density at radius 2 is 1.79 bits per heavy atom. The number of aryl methyl sites for hydroxylation is 2. The Labute approximate surface area is 202 Å². The summed E-state index contributed by atoms with van der Waals surface area (Å²) in [4.78, 5) is 19.1. The molecular weight excluding hydrogens is 452 g/mol. The van der Waals surface area contributed by atoms with E-state index in [0.717, 1.165) is 54.5 Å². The lowest BCUT2D eigenvalue weighted by atomic mass is 9.88. The Morgan fingerprint density at radius 1 is 1.03 bits per heavy atom. The van der Waals surface area contributed by atoms with Gasteiger partial charge in [0.05, 0.1) is 12.3 Å². The van der Waals surface area contributed by atoms with E-state index in [1.807, 2.05) is 37.1 Å². The molecule has 34 heavy (non-hydrogen) atoms. The van der Waals surface area contributed by atoms with E-state index in [4.69, 9.17) is 13.4 Å². The molecule has 7 nitrogen and oxygen atoms in total. The lowest BCUT2D eigenvalue weighted by molar-refractivity contribution is -0.131. The number of amides is 1. The zero-order valence-corrected chi connectivity index (χ0v) is 20.7. The molecule has 1 aliphatic heterocycles. The highest BCUT2D eigenvalue weighted by molar-refractivity contribution is 7.82. The van der Waals surface area contributed by atoms with Crippen LogP contribution in [0.4, 0.5) is 0 Å². The van der Waals surface area contributed by atoms with Crippen molar-refractivity contribution >= 4 is 21.9 Å². The van der Waals surface area contributed by atoms with Gasteiger partial charge in [-0.25, -0.2) is 4.18 Å². The van der Waals surface area contributed by atoms with Crippen molar-refractivity contribution in [2.24, 2.45) is 0 Å². The molecule has 0 radical (unpaired) electrons. The van der Waals surface area contributed by atoms with E-state index in [9.17, 15) is 13.2 Å². The van der Waals surface area contributed by atoms with Gasteiger partial charge in [-0.05, 0) is 73.4 Å². The third kappa shape index (κ3) is 5.50. The molecule has 2 aromatic rings. The molecule has 0 bridgehead atoms. The van der Waals surface area contributed by atoms with Gasteiger partial charge in [0, 0.05) is 31.3 Å². The Balaban J connectivity index is 1.69. The first kappa shape index (κ1) is 24.4. The molecular formula is C26H32N2O5S. The fourth-order valence-electron chi connectivity index (χ4n) is 4.67. The van der Waals surface area contributed by atoms with Crippen LogP contribution in [0.5, 0.6) is 5.75 Å². The van der Waals surface area contributed by atoms with Crippen LogP contribution in [0.3, 0.4) is 0 Å². The average Bonchev–Trinajstić information content (AvgIpc) is 2.99. The zero-order chi connectivity index (χ0) is 24.1. The molecule has 0 unspecified atom stereocenters. The number of aromatic nitrogens is 1. The molecule has 1 aromatic heterocycles. The standard InChI is InChI=1S/C26H32N2O5S/c1-3-6-24(29)28-15-12-19(13-16-28)25-23-11-10-22(33-34(30,31)32-17-4-2)18-21(23)9-8-20-7-5-14-27-26(20)25/h5,7,10-11,14,18H,3-4,6,8-9,12-13,15-17H2,1-2H3. The van der Waals surface area contributed by atoms with Crippen LogP contribution >= 0.6 is 0 Å². The Bertz CT molecular complexity index is 1180. The number of likely N-dealkylation sites (tertiary alicyclic amines) is 1. The number of piperidine rings is 1. The number of hydrogen-bond acceptors (Lipinski definition) is 6. The predicted molar refractivity (Wildman–Crippen MR) is 131 cm³/mol. The van der Waals surface area contributed by atoms with Crippen LogP contribution in [0, 0.1) is 0 Å². The number of fused-ring (bicyclic) bond motifs is 2. The van der Waals surface area contributed by atoms with Gasteiger partial charge in [-0.2, -0.15) is 8.42 Å². The fourth-order valence-corrected chi connectivity index (χ4v) is 5.43. The number of hydrogen-bond donors (Lipinski definition) is 0. The molecule has 182 valence electrons. The van der Waals surface area contributed by atoms with Crippen LogP contribution in [0.25, 0.3) is 5.57 Å². The summed E-state index contributed by atoms with van der Waals surface area (Å²) >= 11 is 0. The number of pyridine rings is 1. The number of carbonyl (C=O) groups is 1. The van der Waals surface area contributed by atoms with Crippen LogP contribution in [-0.4, -0.2) is 43.9 Å². The van der Waals surface area contributed by atoms with Gasteiger partial charge in [0.2, 0.25) is 5.91 Å². The molecule has 0 spiro atoms. The molecule has 0 saturated carbocycles. The molecule has 2 heterocycles. The number of rotatable bonds is 7. The van der Waals surface area contributed by atoms with E-state index in [1.54, 1.807) is 12.1 Å². The predicted octanol–water partition coefficient (Wildman–Crippen LogP) is 4.45. The lowest BCUT2D eigenvalue weighted by Gasteiger charge is -2.30. The van der Waals surface area contributed by atoms with Gasteiger partial charge in [-0.3, -0.25) is 9.78 Å². The van der Waals surface area contributed by atoms with E-state index >= 15 is 0 Å². The molecule has 1 fully saturated rings. The van der Waals surface area contributed by atoms with Crippen LogP contribution in [0.2, 0.25) is 0 Å². The highest BCUT2D eigenvalue weighted by atomic mass is 32.3. The van der Waals surface area contributed by atoms with Gasteiger partial charge in [0.1, 0.15) is 5.75 Å². The van der Waals surface area contributed by atoms with E-state index in [-0.39, 0.29) is 18.3 Å². The van der Waals surface area contributed by atoms with Crippen molar-refractivity contribution in [3.63, 3.8) is 0 Å². The number of carbonyl (C=O) groups excluding carboxylic acids is 1. The fraction of sp³-hybridized carbons (Fsp3) is 0.462. The van der Waals surface area contributed by atoms with Crippen LogP contribution in [0.1, 0.15) is 68.3 Å². The Morgan fingerprint density at radius 3 is 2.53 bits per heavy atom. The first-order valence-corrected chi connectivity index (χ1v) is 13.4. The lowest BCUT2D eigenvalue weighted by Crippen LogP contribution is -2.36. The van der Waals surface area contributed by atoms with Gasteiger partial charge in [-0.1, -0.05) is 31.6 Å². The summed E-state index contributed by atoms with van der Waals surface area (Å²) in [7, 11) is -4.10. The van der Waals surface area contributed by atoms with Crippen LogP contribution < -0.4 is 4.18 Å². The summed E-state index contributed by atoms with van der Waals surface area (Å²) in [5.74, 6) is 0.470. The molecule has 2 aliphatic rings. The van der Waals surface area contributed by atoms with Crippen molar-refractivity contribution in [1.82, 2.24) is 9.88 Å². The maximum Gasteiger partial charge on any atom is 0.449 e. The van der Waals surface area contributed by atoms with E-state index in [2.05, 4.69) is 6.07 Å². The second-order valence-electron chi connectivity index (χ2n) is 8.75. The van der Waals surface area contributed by atoms with Gasteiger partial charge in [0.25, 0.3) is 0 Å². The minimum atomic E-state index is -4.10. The number of nitrogens with zero attached hydrogens (tertiary/aromatic N) is 2.